The van der Waals surface area contributed by atoms with Gasteiger partial charge < -0.3 is 5.32 Å². The number of fused-ring (bicyclic) bond motifs is 2. The van der Waals surface area contributed by atoms with E-state index in [1.807, 2.05) is 6.20 Å². The SMILES string of the molecule is CC1Cc2ncccc2C12CCNC2. The van der Waals surface area contributed by atoms with Crippen molar-refractivity contribution in [2.24, 2.45) is 5.92 Å². The molecule has 74 valence electrons. The summed E-state index contributed by atoms with van der Waals surface area (Å²) in [5.74, 6) is 0.752. The predicted molar refractivity (Wildman–Crippen MR) is 56.3 cm³/mol. The zero-order valence-corrected chi connectivity index (χ0v) is 8.59. The molecule has 1 aliphatic carbocycles. The van der Waals surface area contributed by atoms with Gasteiger partial charge in [-0.1, -0.05) is 13.0 Å². The van der Waals surface area contributed by atoms with Crippen molar-refractivity contribution in [3.63, 3.8) is 0 Å². The van der Waals surface area contributed by atoms with Crippen LogP contribution in [0.2, 0.25) is 0 Å². The Bertz CT molecular complexity index is 353. The quantitative estimate of drug-likeness (QED) is 0.667. The fourth-order valence-corrected chi connectivity index (χ4v) is 3.17. The zero-order chi connectivity index (χ0) is 9.60. The van der Waals surface area contributed by atoms with Crippen LogP contribution in [0.4, 0.5) is 0 Å². The minimum atomic E-state index is 0.406. The van der Waals surface area contributed by atoms with Crippen LogP contribution >= 0.6 is 0 Å². The normalized spacial score (nSPS) is 35.1. The molecule has 14 heavy (non-hydrogen) atoms. The third-order valence-corrected chi connectivity index (χ3v) is 4.06. The van der Waals surface area contributed by atoms with E-state index in [0.29, 0.717) is 5.41 Å². The standard InChI is InChI=1S/C12H16N2/c1-9-7-11-10(3-2-5-14-11)12(9)4-6-13-8-12/h2-3,5,9,13H,4,6-8H2,1H3. The first-order chi connectivity index (χ1) is 6.83. The Kier molecular flexibility index (Phi) is 1.68. The first-order valence-electron chi connectivity index (χ1n) is 5.48. The smallest absolute Gasteiger partial charge is 0.0444 e. The third-order valence-electron chi connectivity index (χ3n) is 4.06. The van der Waals surface area contributed by atoms with Crippen LogP contribution in [0.1, 0.15) is 24.6 Å². The van der Waals surface area contributed by atoms with Crippen molar-refractivity contribution < 1.29 is 0 Å². The molecule has 2 aliphatic rings. The van der Waals surface area contributed by atoms with Gasteiger partial charge in [0, 0.05) is 23.9 Å². The number of aromatic nitrogens is 1. The van der Waals surface area contributed by atoms with Gasteiger partial charge in [0.15, 0.2) is 0 Å². The van der Waals surface area contributed by atoms with Gasteiger partial charge in [-0.3, -0.25) is 4.98 Å². The minimum absolute atomic E-state index is 0.406. The first-order valence-corrected chi connectivity index (χ1v) is 5.48. The van der Waals surface area contributed by atoms with Gasteiger partial charge in [0.2, 0.25) is 0 Å². The van der Waals surface area contributed by atoms with Gasteiger partial charge in [-0.2, -0.15) is 0 Å². The van der Waals surface area contributed by atoms with Gasteiger partial charge in [0.05, 0.1) is 0 Å². The van der Waals surface area contributed by atoms with E-state index >= 15 is 0 Å². The molecule has 1 aromatic rings. The van der Waals surface area contributed by atoms with Crippen LogP contribution in [0.5, 0.6) is 0 Å². The molecule has 2 nitrogen and oxygen atoms in total. The van der Waals surface area contributed by atoms with Gasteiger partial charge in [-0.05, 0) is 36.9 Å². The molecule has 1 aromatic heterocycles. The fourth-order valence-electron chi connectivity index (χ4n) is 3.17. The molecule has 0 radical (unpaired) electrons. The highest BCUT2D eigenvalue weighted by atomic mass is 14.9. The lowest BCUT2D eigenvalue weighted by Gasteiger charge is -2.28. The molecule has 2 heteroatoms. The van der Waals surface area contributed by atoms with Crippen molar-refractivity contribution in [2.45, 2.75) is 25.2 Å². The second kappa shape index (κ2) is 2.80. The number of nitrogens with zero attached hydrogens (tertiary/aromatic N) is 1. The Morgan fingerprint density at radius 1 is 1.57 bits per heavy atom. The van der Waals surface area contributed by atoms with E-state index < -0.39 is 0 Å². The van der Waals surface area contributed by atoms with E-state index in [4.69, 9.17) is 0 Å². The summed E-state index contributed by atoms with van der Waals surface area (Å²) in [6, 6.07) is 4.36. The molecule has 0 amide bonds. The highest BCUT2D eigenvalue weighted by Gasteiger charge is 2.46. The van der Waals surface area contributed by atoms with Gasteiger partial charge in [0.1, 0.15) is 0 Å². The Balaban J connectivity index is 2.14. The molecule has 2 atom stereocenters. The first kappa shape index (κ1) is 8.42. The van der Waals surface area contributed by atoms with Crippen molar-refractivity contribution in [3.05, 3.63) is 29.6 Å². The van der Waals surface area contributed by atoms with Crippen LogP contribution in [0.15, 0.2) is 18.3 Å². The third kappa shape index (κ3) is 0.921. The van der Waals surface area contributed by atoms with Crippen LogP contribution in [0, 0.1) is 5.92 Å². The number of hydrogen-bond acceptors (Lipinski definition) is 2. The molecule has 1 saturated heterocycles. The molecule has 1 N–H and O–H groups in total. The van der Waals surface area contributed by atoms with E-state index in [9.17, 15) is 0 Å². The molecule has 0 aromatic carbocycles. The van der Waals surface area contributed by atoms with Crippen LogP contribution < -0.4 is 5.32 Å². The van der Waals surface area contributed by atoms with E-state index in [2.05, 4.69) is 29.4 Å². The highest BCUT2D eigenvalue weighted by molar-refractivity contribution is 5.37. The van der Waals surface area contributed by atoms with Crippen LogP contribution in [0.3, 0.4) is 0 Å². The lowest BCUT2D eigenvalue weighted by atomic mass is 9.75. The minimum Gasteiger partial charge on any atom is -0.316 e. The molecule has 1 aliphatic heterocycles. The largest absolute Gasteiger partial charge is 0.316 e. The Morgan fingerprint density at radius 2 is 2.50 bits per heavy atom. The topological polar surface area (TPSA) is 24.9 Å². The molecule has 3 rings (SSSR count). The molecule has 1 spiro atoms. The molecular formula is C12H16N2. The summed E-state index contributed by atoms with van der Waals surface area (Å²) in [4.78, 5) is 4.50. The maximum Gasteiger partial charge on any atom is 0.0444 e. The van der Waals surface area contributed by atoms with Crippen LogP contribution in [-0.2, 0) is 11.8 Å². The van der Waals surface area contributed by atoms with Crippen molar-refractivity contribution in [1.82, 2.24) is 10.3 Å². The Labute approximate surface area is 84.7 Å². The van der Waals surface area contributed by atoms with E-state index in [1.165, 1.54) is 24.2 Å². The summed E-state index contributed by atoms with van der Waals surface area (Å²) < 4.78 is 0. The van der Waals surface area contributed by atoms with E-state index in [1.54, 1.807) is 0 Å². The second-order valence-corrected chi connectivity index (χ2v) is 4.69. The van der Waals surface area contributed by atoms with Crippen LogP contribution in [0.25, 0.3) is 0 Å². The van der Waals surface area contributed by atoms with Crippen molar-refractivity contribution in [2.75, 3.05) is 13.1 Å². The number of pyridine rings is 1. The second-order valence-electron chi connectivity index (χ2n) is 4.69. The van der Waals surface area contributed by atoms with Crippen molar-refractivity contribution in [3.8, 4) is 0 Å². The van der Waals surface area contributed by atoms with Gasteiger partial charge in [-0.15, -0.1) is 0 Å². The van der Waals surface area contributed by atoms with Crippen LogP contribution in [-0.4, -0.2) is 18.1 Å². The molecule has 1 fully saturated rings. The average molecular weight is 188 g/mol. The monoisotopic (exact) mass is 188 g/mol. The zero-order valence-electron chi connectivity index (χ0n) is 8.59. The summed E-state index contributed by atoms with van der Waals surface area (Å²) in [5.41, 5.74) is 3.25. The van der Waals surface area contributed by atoms with Gasteiger partial charge >= 0.3 is 0 Å². The molecule has 2 unspecified atom stereocenters. The van der Waals surface area contributed by atoms with Crippen molar-refractivity contribution >= 4 is 0 Å². The average Bonchev–Trinajstić information content (AvgIpc) is 2.77. The maximum atomic E-state index is 4.50. The molecular weight excluding hydrogens is 172 g/mol. The van der Waals surface area contributed by atoms with E-state index in [-0.39, 0.29) is 0 Å². The van der Waals surface area contributed by atoms with Gasteiger partial charge in [-0.25, -0.2) is 0 Å². The maximum absolute atomic E-state index is 4.50. The van der Waals surface area contributed by atoms with E-state index in [0.717, 1.165) is 18.9 Å². The highest BCUT2D eigenvalue weighted by Crippen LogP contribution is 2.45. The predicted octanol–water partition coefficient (Wildman–Crippen LogP) is 1.50. The van der Waals surface area contributed by atoms with Gasteiger partial charge in [0.25, 0.3) is 0 Å². The summed E-state index contributed by atoms with van der Waals surface area (Å²) >= 11 is 0. The van der Waals surface area contributed by atoms with Crippen molar-refractivity contribution in [1.29, 1.82) is 0 Å². The fraction of sp³-hybridized carbons (Fsp3) is 0.583. The summed E-state index contributed by atoms with van der Waals surface area (Å²) in [6.45, 7) is 4.68. The lowest BCUT2D eigenvalue weighted by molar-refractivity contribution is 0.344. The number of nitrogens with one attached hydrogen (secondary N) is 1. The molecule has 0 saturated carbocycles. The summed E-state index contributed by atoms with van der Waals surface area (Å²) in [5, 5.41) is 3.50. The lowest BCUT2D eigenvalue weighted by Crippen LogP contribution is -2.32. The molecule has 0 bridgehead atoms. The summed E-state index contributed by atoms with van der Waals surface area (Å²) in [7, 11) is 0. The number of rotatable bonds is 0. The Hall–Kier alpha value is -0.890. The Morgan fingerprint density at radius 3 is 3.29 bits per heavy atom. The molecule has 2 heterocycles. The number of hydrogen-bond donors (Lipinski definition) is 1. The summed E-state index contributed by atoms with van der Waals surface area (Å²) in [6.07, 6.45) is 4.37.